The van der Waals surface area contributed by atoms with Gasteiger partial charge in [-0.15, -0.1) is 11.8 Å². The van der Waals surface area contributed by atoms with Crippen molar-refractivity contribution >= 4 is 35.0 Å². The van der Waals surface area contributed by atoms with E-state index in [1.807, 2.05) is 72.8 Å². The summed E-state index contributed by atoms with van der Waals surface area (Å²) in [6.45, 7) is 2.43. The first-order valence-electron chi connectivity index (χ1n) is 11.7. The van der Waals surface area contributed by atoms with Gasteiger partial charge < -0.3 is 10.2 Å². The molecule has 0 aliphatic carbocycles. The molecule has 1 aromatic heterocycles. The number of fused-ring (bicyclic) bond motifs is 1. The molecule has 2 heterocycles. The fourth-order valence-electron chi connectivity index (χ4n) is 4.49. The van der Waals surface area contributed by atoms with Gasteiger partial charge in [0.25, 0.3) is 11.5 Å². The van der Waals surface area contributed by atoms with Crippen molar-refractivity contribution in [1.29, 1.82) is 0 Å². The van der Waals surface area contributed by atoms with E-state index in [2.05, 4.69) is 5.32 Å². The summed E-state index contributed by atoms with van der Waals surface area (Å²) in [5.74, 6) is -0.312. The smallest absolute Gasteiger partial charge is 0.295 e. The van der Waals surface area contributed by atoms with Gasteiger partial charge in [0.1, 0.15) is 5.69 Å². The van der Waals surface area contributed by atoms with Gasteiger partial charge in [-0.1, -0.05) is 48.5 Å². The Morgan fingerprint density at radius 3 is 2.44 bits per heavy atom. The molecule has 0 atom stereocenters. The zero-order chi connectivity index (χ0) is 25.2. The zero-order valence-corrected chi connectivity index (χ0v) is 20.9. The van der Waals surface area contributed by atoms with Crippen LogP contribution in [0.1, 0.15) is 21.6 Å². The third-order valence-electron chi connectivity index (χ3n) is 6.43. The van der Waals surface area contributed by atoms with Gasteiger partial charge in [-0.25, -0.2) is 4.68 Å². The maximum atomic E-state index is 13.4. The second-order valence-electron chi connectivity index (χ2n) is 8.61. The van der Waals surface area contributed by atoms with Gasteiger partial charge in [0.2, 0.25) is 5.91 Å². The van der Waals surface area contributed by atoms with E-state index >= 15 is 0 Å². The van der Waals surface area contributed by atoms with Crippen molar-refractivity contribution in [2.24, 2.45) is 7.05 Å². The Morgan fingerprint density at radius 1 is 0.944 bits per heavy atom. The molecular formula is C28H26N4O3S. The Kier molecular flexibility index (Phi) is 6.52. The molecule has 2 amide bonds. The number of para-hydroxylation sites is 2. The summed E-state index contributed by atoms with van der Waals surface area (Å²) in [6.07, 6.45) is 0.830. The summed E-state index contributed by atoms with van der Waals surface area (Å²) in [5.41, 5.74) is 4.01. The largest absolute Gasteiger partial charge is 0.319 e. The molecule has 182 valence electrons. The molecule has 0 saturated heterocycles. The minimum Gasteiger partial charge on any atom is -0.319 e. The zero-order valence-electron chi connectivity index (χ0n) is 20.1. The van der Waals surface area contributed by atoms with E-state index < -0.39 is 0 Å². The van der Waals surface area contributed by atoms with Gasteiger partial charge in [0, 0.05) is 24.2 Å². The lowest BCUT2D eigenvalue weighted by Crippen LogP contribution is -2.29. The second kappa shape index (κ2) is 9.91. The van der Waals surface area contributed by atoms with E-state index in [9.17, 15) is 14.4 Å². The number of benzene rings is 3. The number of hydrogen-bond donors (Lipinski definition) is 1. The first kappa shape index (κ1) is 23.7. The van der Waals surface area contributed by atoms with Crippen LogP contribution in [0.3, 0.4) is 0 Å². The van der Waals surface area contributed by atoms with Gasteiger partial charge in [0.05, 0.1) is 22.7 Å². The lowest BCUT2D eigenvalue weighted by Gasteiger charge is -2.19. The number of rotatable bonds is 6. The summed E-state index contributed by atoms with van der Waals surface area (Å²) in [5, 5.41) is 2.79. The number of carbonyl (C=O) groups is 2. The van der Waals surface area contributed by atoms with E-state index in [4.69, 9.17) is 0 Å². The molecule has 1 aliphatic rings. The molecule has 0 fully saturated rings. The number of nitrogens with one attached hydrogen (secondary N) is 1. The number of aromatic nitrogens is 2. The van der Waals surface area contributed by atoms with Crippen LogP contribution in [0.25, 0.3) is 5.69 Å². The van der Waals surface area contributed by atoms with E-state index in [0.29, 0.717) is 17.8 Å². The van der Waals surface area contributed by atoms with Gasteiger partial charge in [-0.05, 0) is 49.2 Å². The normalized spacial score (nSPS) is 12.4. The number of carbonyl (C=O) groups excluding carboxylic acids is 2. The third-order valence-corrected chi connectivity index (χ3v) is 7.50. The molecule has 3 aromatic carbocycles. The van der Waals surface area contributed by atoms with E-state index in [1.54, 1.807) is 29.6 Å². The standard InChI is InChI=1S/C28H26N4O3S/c1-19-26(28(35)32(30(19)2)21-11-4-3-5-12-21)29-25(33)18-36-24-15-9-7-13-22(24)27(34)31-17-16-20-10-6-8-14-23(20)31/h3-15H,16-18H2,1-2H3,(H,29,33). The summed E-state index contributed by atoms with van der Waals surface area (Å²) in [6, 6.07) is 24.6. The van der Waals surface area contributed by atoms with Crippen LogP contribution in [-0.2, 0) is 18.3 Å². The highest BCUT2D eigenvalue weighted by Crippen LogP contribution is 2.31. The average molecular weight is 499 g/mol. The molecule has 1 aliphatic heterocycles. The maximum absolute atomic E-state index is 13.4. The Balaban J connectivity index is 1.32. The number of nitrogens with zero attached hydrogens (tertiary/aromatic N) is 3. The predicted octanol–water partition coefficient (Wildman–Crippen LogP) is 4.42. The molecule has 0 unspecified atom stereocenters. The number of thioether (sulfide) groups is 1. The van der Waals surface area contributed by atoms with Crippen molar-refractivity contribution in [3.8, 4) is 5.69 Å². The Bertz CT molecular complexity index is 1510. The SMILES string of the molecule is Cc1c(NC(=O)CSc2ccccc2C(=O)N2CCc3ccccc32)c(=O)n(-c2ccccc2)n1C. The van der Waals surface area contributed by atoms with Crippen LogP contribution < -0.4 is 15.8 Å². The van der Waals surface area contributed by atoms with Gasteiger partial charge in [0.15, 0.2) is 0 Å². The minimum absolute atomic E-state index is 0.0694. The van der Waals surface area contributed by atoms with Crippen LogP contribution >= 0.6 is 11.8 Å². The third kappa shape index (κ3) is 4.35. The van der Waals surface area contributed by atoms with Crippen LogP contribution in [0, 0.1) is 6.92 Å². The van der Waals surface area contributed by atoms with Crippen molar-refractivity contribution in [2.75, 3.05) is 22.5 Å². The molecule has 0 bridgehead atoms. The number of amides is 2. The molecular weight excluding hydrogens is 472 g/mol. The monoisotopic (exact) mass is 498 g/mol. The summed E-state index contributed by atoms with van der Waals surface area (Å²) in [7, 11) is 1.78. The maximum Gasteiger partial charge on any atom is 0.295 e. The van der Waals surface area contributed by atoms with Crippen LogP contribution in [0.2, 0.25) is 0 Å². The van der Waals surface area contributed by atoms with Crippen molar-refractivity contribution in [3.63, 3.8) is 0 Å². The highest BCUT2D eigenvalue weighted by atomic mass is 32.2. The van der Waals surface area contributed by atoms with Gasteiger partial charge in [-0.3, -0.25) is 19.1 Å². The molecule has 36 heavy (non-hydrogen) atoms. The molecule has 4 aromatic rings. The average Bonchev–Trinajstić information content (AvgIpc) is 3.42. The fraction of sp³-hybridized carbons (Fsp3) is 0.179. The molecule has 8 heteroatoms. The minimum atomic E-state index is -0.306. The van der Waals surface area contributed by atoms with Gasteiger partial charge in [-0.2, -0.15) is 0 Å². The van der Waals surface area contributed by atoms with Crippen molar-refractivity contribution < 1.29 is 9.59 Å². The first-order chi connectivity index (χ1) is 17.5. The number of anilines is 2. The van der Waals surface area contributed by atoms with E-state index in [1.165, 1.54) is 16.4 Å². The second-order valence-corrected chi connectivity index (χ2v) is 9.62. The predicted molar refractivity (Wildman–Crippen MR) is 143 cm³/mol. The van der Waals surface area contributed by atoms with Crippen LogP contribution in [-0.4, -0.2) is 33.5 Å². The van der Waals surface area contributed by atoms with Crippen molar-refractivity contribution in [3.05, 3.63) is 106 Å². The lowest BCUT2D eigenvalue weighted by molar-refractivity contribution is -0.113. The van der Waals surface area contributed by atoms with Crippen LogP contribution in [0.5, 0.6) is 0 Å². The van der Waals surface area contributed by atoms with Gasteiger partial charge >= 0.3 is 0 Å². The first-order valence-corrected chi connectivity index (χ1v) is 12.7. The molecule has 5 rings (SSSR count). The van der Waals surface area contributed by atoms with Crippen LogP contribution in [0.4, 0.5) is 11.4 Å². The van der Waals surface area contributed by atoms with Crippen molar-refractivity contribution in [2.45, 2.75) is 18.2 Å². The Hall–Kier alpha value is -4.04. The fourth-order valence-corrected chi connectivity index (χ4v) is 5.34. The number of hydrogen-bond acceptors (Lipinski definition) is 4. The summed E-state index contributed by atoms with van der Waals surface area (Å²) < 4.78 is 3.25. The highest BCUT2D eigenvalue weighted by molar-refractivity contribution is 8.00. The van der Waals surface area contributed by atoms with E-state index in [0.717, 1.165) is 28.3 Å². The lowest BCUT2D eigenvalue weighted by atomic mass is 10.1. The molecule has 0 saturated carbocycles. The molecule has 1 N–H and O–H groups in total. The molecule has 0 radical (unpaired) electrons. The summed E-state index contributed by atoms with van der Waals surface area (Å²) in [4.78, 5) is 41.9. The van der Waals surface area contributed by atoms with Crippen LogP contribution in [0.15, 0.2) is 88.6 Å². The topological polar surface area (TPSA) is 76.3 Å². The molecule has 0 spiro atoms. The highest BCUT2D eigenvalue weighted by Gasteiger charge is 2.27. The molecule has 7 nitrogen and oxygen atoms in total. The van der Waals surface area contributed by atoms with E-state index in [-0.39, 0.29) is 28.8 Å². The Labute approximate surface area is 213 Å². The summed E-state index contributed by atoms with van der Waals surface area (Å²) >= 11 is 1.29. The van der Waals surface area contributed by atoms with Crippen molar-refractivity contribution in [1.82, 2.24) is 9.36 Å². The Morgan fingerprint density at radius 2 is 1.64 bits per heavy atom. The quantitative estimate of drug-likeness (QED) is 0.400.